The Morgan fingerprint density at radius 1 is 1.31 bits per heavy atom. The van der Waals surface area contributed by atoms with Crippen LogP contribution in [0.25, 0.3) is 10.9 Å². The minimum absolute atomic E-state index is 0.289. The Balaban J connectivity index is 1.89. The largest absolute Gasteiger partial charge is 0.364 e. The molecule has 2 heteroatoms. The first kappa shape index (κ1) is 9.79. The van der Waals surface area contributed by atoms with Gasteiger partial charge >= 0.3 is 0 Å². The number of rotatable bonds is 3. The predicted molar refractivity (Wildman–Crippen MR) is 64.3 cm³/mol. The van der Waals surface area contributed by atoms with Gasteiger partial charge in [0.1, 0.15) is 6.10 Å². The van der Waals surface area contributed by atoms with Gasteiger partial charge in [-0.3, -0.25) is 4.98 Å². The molecular weight excluding hydrogens is 198 g/mol. The van der Waals surface area contributed by atoms with Crippen molar-refractivity contribution >= 4 is 10.9 Å². The molecule has 0 radical (unpaired) electrons. The lowest BCUT2D eigenvalue weighted by Crippen LogP contribution is -1.89. The average molecular weight is 213 g/mol. The molecule has 2 atom stereocenters. The van der Waals surface area contributed by atoms with E-state index in [1.54, 1.807) is 0 Å². The van der Waals surface area contributed by atoms with Crippen LogP contribution in [-0.2, 0) is 4.74 Å². The van der Waals surface area contributed by atoms with Gasteiger partial charge in [-0.1, -0.05) is 31.5 Å². The maximum Gasteiger partial charge on any atom is 0.111 e. The van der Waals surface area contributed by atoms with Crippen molar-refractivity contribution in [2.45, 2.75) is 32.0 Å². The first-order valence-electron chi connectivity index (χ1n) is 5.88. The van der Waals surface area contributed by atoms with E-state index in [1.807, 2.05) is 24.4 Å². The quantitative estimate of drug-likeness (QED) is 0.729. The van der Waals surface area contributed by atoms with Gasteiger partial charge in [0, 0.05) is 17.1 Å². The highest BCUT2D eigenvalue weighted by Crippen LogP contribution is 2.41. The van der Waals surface area contributed by atoms with E-state index < -0.39 is 0 Å². The van der Waals surface area contributed by atoms with Crippen LogP contribution in [0.3, 0.4) is 0 Å². The van der Waals surface area contributed by atoms with E-state index in [2.05, 4.69) is 24.0 Å². The molecule has 0 N–H and O–H groups in total. The fourth-order valence-corrected chi connectivity index (χ4v) is 2.18. The molecule has 2 heterocycles. The summed E-state index contributed by atoms with van der Waals surface area (Å²) in [5.74, 6) is 0. The zero-order valence-corrected chi connectivity index (χ0v) is 9.39. The molecule has 0 aliphatic carbocycles. The van der Waals surface area contributed by atoms with Crippen LogP contribution >= 0.6 is 0 Å². The van der Waals surface area contributed by atoms with E-state index in [4.69, 9.17) is 4.74 Å². The van der Waals surface area contributed by atoms with Gasteiger partial charge < -0.3 is 4.74 Å². The second-order valence-corrected chi connectivity index (χ2v) is 4.35. The van der Waals surface area contributed by atoms with Crippen molar-refractivity contribution < 1.29 is 4.74 Å². The van der Waals surface area contributed by atoms with Crippen molar-refractivity contribution in [1.82, 2.24) is 4.98 Å². The second-order valence-electron chi connectivity index (χ2n) is 4.35. The molecule has 0 bridgehead atoms. The average Bonchev–Trinajstić information content (AvgIpc) is 3.08. The summed E-state index contributed by atoms with van der Waals surface area (Å²) in [5, 5.41) is 1.20. The van der Waals surface area contributed by atoms with Gasteiger partial charge in [-0.25, -0.2) is 0 Å². The van der Waals surface area contributed by atoms with E-state index in [-0.39, 0.29) is 6.10 Å². The fourth-order valence-electron chi connectivity index (χ4n) is 2.18. The van der Waals surface area contributed by atoms with Crippen molar-refractivity contribution in [2.75, 3.05) is 0 Å². The standard InChI is InChI=1S/C14H15NO/c1-2-5-13-14(16-13)11-8-10-6-3-4-7-12(10)15-9-11/h3-4,6-9,13-14H,2,5H2,1H3/t13-,14-/m0/s1. The molecule has 1 saturated heterocycles. The summed E-state index contributed by atoms with van der Waals surface area (Å²) < 4.78 is 5.65. The summed E-state index contributed by atoms with van der Waals surface area (Å²) in [4.78, 5) is 4.46. The van der Waals surface area contributed by atoms with E-state index >= 15 is 0 Å². The van der Waals surface area contributed by atoms with E-state index in [1.165, 1.54) is 17.4 Å². The van der Waals surface area contributed by atoms with Gasteiger partial charge in [-0.05, 0) is 18.6 Å². The molecule has 0 saturated carbocycles. The Morgan fingerprint density at radius 3 is 3.06 bits per heavy atom. The van der Waals surface area contributed by atoms with Gasteiger partial charge in [0.05, 0.1) is 11.6 Å². The summed E-state index contributed by atoms with van der Waals surface area (Å²) in [6.07, 6.45) is 4.99. The molecule has 82 valence electrons. The molecule has 1 fully saturated rings. The topological polar surface area (TPSA) is 25.4 Å². The number of nitrogens with zero attached hydrogens (tertiary/aromatic N) is 1. The molecule has 1 aromatic heterocycles. The van der Waals surface area contributed by atoms with Gasteiger partial charge in [0.25, 0.3) is 0 Å². The number of hydrogen-bond donors (Lipinski definition) is 0. The van der Waals surface area contributed by atoms with Gasteiger partial charge in [-0.15, -0.1) is 0 Å². The van der Waals surface area contributed by atoms with Crippen molar-refractivity contribution in [3.05, 3.63) is 42.1 Å². The van der Waals surface area contributed by atoms with Gasteiger partial charge in [0.15, 0.2) is 0 Å². The van der Waals surface area contributed by atoms with Crippen LogP contribution in [-0.4, -0.2) is 11.1 Å². The van der Waals surface area contributed by atoms with E-state index in [0.29, 0.717) is 6.10 Å². The Hall–Kier alpha value is -1.41. The van der Waals surface area contributed by atoms with Crippen LogP contribution in [0.2, 0.25) is 0 Å². The SMILES string of the molecule is CCC[C@@H]1O[C@H]1c1cnc2ccccc2c1. The molecule has 16 heavy (non-hydrogen) atoms. The van der Waals surface area contributed by atoms with Crippen molar-refractivity contribution in [3.8, 4) is 0 Å². The lowest BCUT2D eigenvalue weighted by molar-refractivity contribution is 0.364. The monoisotopic (exact) mass is 213 g/mol. The summed E-state index contributed by atoms with van der Waals surface area (Å²) in [7, 11) is 0. The molecule has 1 aromatic carbocycles. The van der Waals surface area contributed by atoms with Crippen LogP contribution in [0, 0.1) is 0 Å². The highest BCUT2D eigenvalue weighted by Gasteiger charge is 2.39. The Kier molecular flexibility index (Phi) is 2.37. The minimum Gasteiger partial charge on any atom is -0.364 e. The molecule has 0 amide bonds. The maximum absolute atomic E-state index is 5.65. The molecule has 1 aliphatic heterocycles. The molecule has 3 rings (SSSR count). The third-order valence-corrected chi connectivity index (χ3v) is 3.10. The normalized spacial score (nSPS) is 23.6. The number of hydrogen-bond acceptors (Lipinski definition) is 2. The summed E-state index contributed by atoms with van der Waals surface area (Å²) in [6.45, 7) is 2.19. The fraction of sp³-hybridized carbons (Fsp3) is 0.357. The Labute approximate surface area is 95.3 Å². The zero-order chi connectivity index (χ0) is 11.0. The number of ether oxygens (including phenoxy) is 1. The molecule has 2 aromatic rings. The number of pyridine rings is 1. The minimum atomic E-state index is 0.289. The molecule has 0 unspecified atom stereocenters. The predicted octanol–water partition coefficient (Wildman–Crippen LogP) is 3.47. The molecule has 0 spiro atoms. The molecule has 2 nitrogen and oxygen atoms in total. The van der Waals surface area contributed by atoms with Crippen LogP contribution in [0.4, 0.5) is 0 Å². The van der Waals surface area contributed by atoms with Crippen molar-refractivity contribution in [3.63, 3.8) is 0 Å². The lowest BCUT2D eigenvalue weighted by atomic mass is 10.1. The summed E-state index contributed by atoms with van der Waals surface area (Å²) in [6, 6.07) is 10.4. The third-order valence-electron chi connectivity index (χ3n) is 3.10. The van der Waals surface area contributed by atoms with Crippen LogP contribution in [0.1, 0.15) is 31.4 Å². The van der Waals surface area contributed by atoms with Gasteiger partial charge in [0.2, 0.25) is 0 Å². The van der Waals surface area contributed by atoms with Crippen LogP contribution in [0.5, 0.6) is 0 Å². The molecular formula is C14H15NO. The highest BCUT2D eigenvalue weighted by molar-refractivity contribution is 5.78. The van der Waals surface area contributed by atoms with E-state index in [0.717, 1.165) is 11.9 Å². The number of epoxide rings is 1. The van der Waals surface area contributed by atoms with Crippen molar-refractivity contribution in [2.24, 2.45) is 0 Å². The zero-order valence-electron chi connectivity index (χ0n) is 9.39. The Bertz CT molecular complexity index is 509. The molecule has 1 aliphatic rings. The number of fused-ring (bicyclic) bond motifs is 1. The number of aromatic nitrogens is 1. The summed E-state index contributed by atoms with van der Waals surface area (Å²) in [5.41, 5.74) is 2.27. The summed E-state index contributed by atoms with van der Waals surface area (Å²) >= 11 is 0. The smallest absolute Gasteiger partial charge is 0.111 e. The second kappa shape index (κ2) is 3.87. The third kappa shape index (κ3) is 1.69. The first-order valence-corrected chi connectivity index (χ1v) is 5.88. The van der Waals surface area contributed by atoms with Crippen LogP contribution in [0.15, 0.2) is 36.5 Å². The Morgan fingerprint density at radius 2 is 2.19 bits per heavy atom. The first-order chi connectivity index (χ1) is 7.88. The number of para-hydroxylation sites is 1. The number of benzene rings is 1. The highest BCUT2D eigenvalue weighted by atomic mass is 16.6. The van der Waals surface area contributed by atoms with Crippen molar-refractivity contribution in [1.29, 1.82) is 0 Å². The lowest BCUT2D eigenvalue weighted by Gasteiger charge is -1.99. The van der Waals surface area contributed by atoms with Gasteiger partial charge in [-0.2, -0.15) is 0 Å². The van der Waals surface area contributed by atoms with Crippen LogP contribution < -0.4 is 0 Å². The van der Waals surface area contributed by atoms with E-state index in [9.17, 15) is 0 Å². The maximum atomic E-state index is 5.65.